The molecular formula is C26H34N4O4. The molecule has 1 aliphatic heterocycles. The first-order valence-corrected chi connectivity index (χ1v) is 12.4. The molecule has 0 bridgehead atoms. The molecule has 5 rings (SSSR count). The van der Waals surface area contributed by atoms with E-state index in [1.807, 2.05) is 6.92 Å². The molecule has 0 unspecified atom stereocenters. The summed E-state index contributed by atoms with van der Waals surface area (Å²) in [5, 5.41) is 9.46. The molecule has 1 aliphatic carbocycles. The summed E-state index contributed by atoms with van der Waals surface area (Å²) >= 11 is 0. The van der Waals surface area contributed by atoms with Crippen LogP contribution in [0.15, 0.2) is 22.7 Å². The minimum Gasteiger partial charge on any atom is -0.481 e. The van der Waals surface area contributed by atoms with Gasteiger partial charge in [0.1, 0.15) is 18.3 Å². The lowest BCUT2D eigenvalue weighted by Crippen LogP contribution is -2.38. The zero-order valence-corrected chi connectivity index (χ0v) is 20.3. The number of carboxylic acid groups (broad SMARTS) is 1. The fourth-order valence-electron chi connectivity index (χ4n) is 5.75. The van der Waals surface area contributed by atoms with E-state index in [9.17, 15) is 9.90 Å². The summed E-state index contributed by atoms with van der Waals surface area (Å²) in [5.41, 5.74) is 4.73. The van der Waals surface area contributed by atoms with Gasteiger partial charge in [-0.1, -0.05) is 0 Å². The quantitative estimate of drug-likeness (QED) is 0.540. The van der Waals surface area contributed by atoms with E-state index in [2.05, 4.69) is 33.5 Å². The molecular weight excluding hydrogens is 432 g/mol. The van der Waals surface area contributed by atoms with Crippen LogP contribution in [-0.2, 0) is 28.8 Å². The fourth-order valence-corrected chi connectivity index (χ4v) is 5.75. The maximum atomic E-state index is 11.5. The normalized spacial score (nSPS) is 22.8. The topological polar surface area (TPSA) is 93.6 Å². The number of fused-ring (bicyclic) bond motifs is 3. The average molecular weight is 467 g/mol. The summed E-state index contributed by atoms with van der Waals surface area (Å²) < 4.78 is 13.6. The van der Waals surface area contributed by atoms with Crippen molar-refractivity contribution < 1.29 is 19.1 Å². The van der Waals surface area contributed by atoms with Crippen LogP contribution in [-0.4, -0.2) is 45.5 Å². The first-order valence-electron chi connectivity index (χ1n) is 12.4. The third-order valence-corrected chi connectivity index (χ3v) is 7.58. The monoisotopic (exact) mass is 466 g/mol. The van der Waals surface area contributed by atoms with Crippen molar-refractivity contribution in [1.29, 1.82) is 0 Å². The summed E-state index contributed by atoms with van der Waals surface area (Å²) in [6.07, 6.45) is 8.38. The number of aliphatic carboxylic acids is 1. The molecule has 2 aliphatic rings. The smallest absolute Gasteiger partial charge is 0.306 e. The largest absolute Gasteiger partial charge is 0.481 e. The van der Waals surface area contributed by atoms with E-state index >= 15 is 0 Å². The predicted molar refractivity (Wildman–Crippen MR) is 129 cm³/mol. The molecule has 0 saturated heterocycles. The highest BCUT2D eigenvalue weighted by molar-refractivity contribution is 5.86. The van der Waals surface area contributed by atoms with Gasteiger partial charge in [0.2, 0.25) is 0 Å². The van der Waals surface area contributed by atoms with Crippen LogP contribution < -0.4 is 4.90 Å². The van der Waals surface area contributed by atoms with Crippen molar-refractivity contribution in [2.24, 2.45) is 5.92 Å². The van der Waals surface area contributed by atoms with Crippen LogP contribution >= 0.6 is 0 Å². The first-order chi connectivity index (χ1) is 16.5. The van der Waals surface area contributed by atoms with Gasteiger partial charge in [-0.25, -0.2) is 9.97 Å². The third kappa shape index (κ3) is 4.19. The van der Waals surface area contributed by atoms with Crippen molar-refractivity contribution in [2.45, 2.75) is 77.3 Å². The molecule has 0 amide bonds. The average Bonchev–Trinajstić information content (AvgIpc) is 3.42. The molecule has 1 N–H and O–H groups in total. The van der Waals surface area contributed by atoms with E-state index in [0.29, 0.717) is 32.0 Å². The SMILES string of the molecule is COCN1c2ccc3c(nc(CCc4ncc(C)o4)n3[C@H]3CC[C@H](C(=O)O)CC3)c2CC[C@@H]1C. The van der Waals surface area contributed by atoms with Crippen molar-refractivity contribution in [3.05, 3.63) is 41.4 Å². The van der Waals surface area contributed by atoms with Crippen molar-refractivity contribution in [2.75, 3.05) is 18.7 Å². The highest BCUT2D eigenvalue weighted by Gasteiger charge is 2.31. The van der Waals surface area contributed by atoms with Gasteiger partial charge >= 0.3 is 5.97 Å². The molecule has 1 aromatic carbocycles. The van der Waals surface area contributed by atoms with Gasteiger partial charge in [0.15, 0.2) is 5.89 Å². The van der Waals surface area contributed by atoms with Gasteiger partial charge in [0.25, 0.3) is 0 Å². The van der Waals surface area contributed by atoms with Gasteiger partial charge in [-0.2, -0.15) is 0 Å². The van der Waals surface area contributed by atoms with Crippen molar-refractivity contribution in [3.8, 4) is 0 Å². The number of nitrogens with zero attached hydrogens (tertiary/aromatic N) is 4. The minimum absolute atomic E-state index is 0.235. The lowest BCUT2D eigenvalue weighted by atomic mass is 9.85. The number of carboxylic acids is 1. The van der Waals surface area contributed by atoms with E-state index in [1.54, 1.807) is 13.3 Å². The highest BCUT2D eigenvalue weighted by Crippen LogP contribution is 2.40. The van der Waals surface area contributed by atoms with Gasteiger partial charge in [-0.05, 0) is 64.5 Å². The van der Waals surface area contributed by atoms with Crippen LogP contribution in [0.5, 0.6) is 0 Å². The Morgan fingerprint density at radius 1 is 1.21 bits per heavy atom. The number of aromatic nitrogens is 3. The molecule has 8 nitrogen and oxygen atoms in total. The highest BCUT2D eigenvalue weighted by atomic mass is 16.5. The van der Waals surface area contributed by atoms with Crippen molar-refractivity contribution in [1.82, 2.24) is 14.5 Å². The van der Waals surface area contributed by atoms with Crippen LogP contribution in [0, 0.1) is 12.8 Å². The number of imidazole rings is 1. The van der Waals surface area contributed by atoms with E-state index in [-0.39, 0.29) is 12.0 Å². The second-order valence-electron chi connectivity index (χ2n) is 9.81. The molecule has 0 radical (unpaired) electrons. The lowest BCUT2D eigenvalue weighted by Gasteiger charge is -2.36. The number of anilines is 1. The molecule has 182 valence electrons. The number of aryl methyl sites for hydroxylation is 4. The molecule has 34 heavy (non-hydrogen) atoms. The number of hydrogen-bond acceptors (Lipinski definition) is 6. The predicted octanol–water partition coefficient (Wildman–Crippen LogP) is 4.68. The van der Waals surface area contributed by atoms with Gasteiger partial charge in [0.05, 0.1) is 23.1 Å². The Balaban J connectivity index is 1.54. The van der Waals surface area contributed by atoms with Crippen LogP contribution in [0.4, 0.5) is 5.69 Å². The van der Waals surface area contributed by atoms with Gasteiger partial charge < -0.3 is 23.7 Å². The lowest BCUT2D eigenvalue weighted by molar-refractivity contribution is -0.143. The second-order valence-corrected chi connectivity index (χ2v) is 9.81. The van der Waals surface area contributed by atoms with Gasteiger partial charge in [0, 0.05) is 43.3 Å². The Kier molecular flexibility index (Phi) is 6.34. The number of benzene rings is 1. The maximum Gasteiger partial charge on any atom is 0.306 e. The molecule has 2 aromatic heterocycles. The Morgan fingerprint density at radius 2 is 2.00 bits per heavy atom. The van der Waals surface area contributed by atoms with Crippen LogP contribution in [0.3, 0.4) is 0 Å². The van der Waals surface area contributed by atoms with Crippen molar-refractivity contribution >= 4 is 22.7 Å². The molecule has 8 heteroatoms. The van der Waals surface area contributed by atoms with Crippen LogP contribution in [0.25, 0.3) is 11.0 Å². The molecule has 1 fully saturated rings. The number of carbonyl (C=O) groups is 1. The summed E-state index contributed by atoms with van der Waals surface area (Å²) in [5.74, 6) is 1.68. The molecule has 3 heterocycles. The summed E-state index contributed by atoms with van der Waals surface area (Å²) in [4.78, 5) is 23.4. The molecule has 1 saturated carbocycles. The fraction of sp³-hybridized carbons (Fsp3) is 0.577. The Hall–Kier alpha value is -2.87. The standard InChI is InChI=1S/C26H34N4O4/c1-16-4-9-20-21(29(16)15-33-3)10-11-22-25(20)28-23(12-13-24-27-14-17(2)34-24)30(22)19-7-5-18(6-8-19)26(31)32/h10-11,14,16,18-19H,4-9,12-13,15H2,1-3H3,(H,31,32)/t16-,18-,19-/m0/s1. The number of methoxy groups -OCH3 is 1. The number of hydrogen-bond donors (Lipinski definition) is 1. The first kappa shape index (κ1) is 22.9. The summed E-state index contributed by atoms with van der Waals surface area (Å²) in [6, 6.07) is 5.10. The Bertz CT molecular complexity index is 1180. The Labute approximate surface area is 199 Å². The van der Waals surface area contributed by atoms with Gasteiger partial charge in [-0.3, -0.25) is 4.79 Å². The van der Waals surface area contributed by atoms with Crippen LogP contribution in [0.1, 0.15) is 68.1 Å². The maximum absolute atomic E-state index is 11.5. The van der Waals surface area contributed by atoms with E-state index < -0.39 is 5.97 Å². The second kappa shape index (κ2) is 9.41. The number of rotatable bonds is 7. The Morgan fingerprint density at radius 3 is 2.68 bits per heavy atom. The van der Waals surface area contributed by atoms with Gasteiger partial charge in [-0.15, -0.1) is 0 Å². The number of ether oxygens (including phenoxy) is 1. The third-order valence-electron chi connectivity index (χ3n) is 7.58. The van der Waals surface area contributed by atoms with E-state index in [1.165, 1.54) is 11.3 Å². The molecule has 1 atom stereocenters. The minimum atomic E-state index is -0.671. The summed E-state index contributed by atoms with van der Waals surface area (Å²) in [7, 11) is 1.74. The summed E-state index contributed by atoms with van der Waals surface area (Å²) in [6.45, 7) is 4.72. The number of oxazole rings is 1. The van der Waals surface area contributed by atoms with Crippen LogP contribution in [0.2, 0.25) is 0 Å². The molecule has 0 spiro atoms. The van der Waals surface area contributed by atoms with E-state index in [4.69, 9.17) is 14.1 Å². The zero-order chi connectivity index (χ0) is 23.8. The van der Waals surface area contributed by atoms with Crippen molar-refractivity contribution in [3.63, 3.8) is 0 Å². The zero-order valence-electron chi connectivity index (χ0n) is 20.3. The molecule has 3 aromatic rings. The van der Waals surface area contributed by atoms with E-state index in [0.717, 1.165) is 60.6 Å².